The molecule has 1 saturated heterocycles. The standard InChI is InChI=1S/C27H24N4O3/c28-16-21-11-10-19(15-25(21)32)24-17-31(26-9-2-4-13-33-26)30-27(24)20-6-5-8-23(14-20)34-18-22-7-1-3-12-29-22/h1,3,5-8,10-12,14,17,26H,2,4,9,13,15,18H2. The van der Waals surface area contributed by atoms with Gasteiger partial charge in [-0.1, -0.05) is 24.3 Å². The van der Waals surface area contributed by atoms with Gasteiger partial charge < -0.3 is 9.47 Å². The van der Waals surface area contributed by atoms with Gasteiger partial charge in [0.05, 0.1) is 11.3 Å². The second kappa shape index (κ2) is 9.86. The third-order valence-electron chi connectivity index (χ3n) is 5.97. The Kier molecular flexibility index (Phi) is 6.32. The van der Waals surface area contributed by atoms with Crippen molar-refractivity contribution in [2.45, 2.75) is 38.5 Å². The van der Waals surface area contributed by atoms with Crippen LogP contribution >= 0.6 is 0 Å². The van der Waals surface area contributed by atoms with E-state index in [1.54, 1.807) is 12.3 Å². The van der Waals surface area contributed by atoms with Gasteiger partial charge in [-0.3, -0.25) is 9.78 Å². The minimum absolute atomic E-state index is 0.130. The van der Waals surface area contributed by atoms with Crippen LogP contribution in [0.15, 0.2) is 72.6 Å². The van der Waals surface area contributed by atoms with Crippen molar-refractivity contribution in [3.8, 4) is 23.1 Å². The molecule has 3 heterocycles. The summed E-state index contributed by atoms with van der Waals surface area (Å²) in [6.07, 6.45) is 10.2. The van der Waals surface area contributed by atoms with Gasteiger partial charge >= 0.3 is 0 Å². The van der Waals surface area contributed by atoms with Crippen molar-refractivity contribution >= 4 is 11.4 Å². The number of nitriles is 1. The van der Waals surface area contributed by atoms with E-state index in [9.17, 15) is 4.79 Å². The number of pyridine rings is 1. The largest absolute Gasteiger partial charge is 0.487 e. The Hall–Kier alpha value is -4.02. The highest BCUT2D eigenvalue weighted by Gasteiger charge is 2.24. The van der Waals surface area contributed by atoms with Crippen LogP contribution in [0.3, 0.4) is 0 Å². The summed E-state index contributed by atoms with van der Waals surface area (Å²) in [6.45, 7) is 1.07. The second-order valence-corrected chi connectivity index (χ2v) is 8.31. The van der Waals surface area contributed by atoms with Crippen LogP contribution in [0.1, 0.15) is 43.2 Å². The van der Waals surface area contributed by atoms with Crippen molar-refractivity contribution in [1.29, 1.82) is 5.26 Å². The zero-order chi connectivity index (χ0) is 23.3. The lowest BCUT2D eigenvalue weighted by atomic mass is 9.91. The number of ether oxygens (including phenoxy) is 2. The average Bonchev–Trinajstić information content (AvgIpc) is 3.34. The molecular formula is C27H24N4O3. The normalized spacial score (nSPS) is 18.1. The predicted octanol–water partition coefficient (Wildman–Crippen LogP) is 5.03. The maximum Gasteiger partial charge on any atom is 0.177 e. The second-order valence-electron chi connectivity index (χ2n) is 8.31. The van der Waals surface area contributed by atoms with Crippen molar-refractivity contribution in [3.05, 3.63) is 83.8 Å². The lowest BCUT2D eigenvalue weighted by molar-refractivity contribution is -0.114. The van der Waals surface area contributed by atoms with Crippen LogP contribution in [0.25, 0.3) is 16.8 Å². The van der Waals surface area contributed by atoms with Crippen LogP contribution in [0.5, 0.6) is 5.75 Å². The number of hydrogen-bond acceptors (Lipinski definition) is 6. The number of hydrogen-bond donors (Lipinski definition) is 0. The number of Topliss-reactive ketones (excluding diaryl/α,β-unsaturated/α-hetero) is 1. The van der Waals surface area contributed by atoms with E-state index >= 15 is 0 Å². The average molecular weight is 453 g/mol. The molecule has 0 spiro atoms. The molecule has 0 N–H and O–H groups in total. The third kappa shape index (κ3) is 4.68. The first kappa shape index (κ1) is 21.8. The Morgan fingerprint density at radius 2 is 2.12 bits per heavy atom. The molecule has 2 aliphatic rings. The van der Waals surface area contributed by atoms with E-state index in [1.165, 1.54) is 0 Å². The van der Waals surface area contributed by atoms with Gasteiger partial charge in [0.1, 0.15) is 30.3 Å². The number of ketones is 1. The van der Waals surface area contributed by atoms with Crippen LogP contribution in [-0.4, -0.2) is 27.2 Å². The van der Waals surface area contributed by atoms with Crippen molar-refractivity contribution in [1.82, 2.24) is 14.8 Å². The van der Waals surface area contributed by atoms with Gasteiger partial charge in [-0.2, -0.15) is 10.4 Å². The van der Waals surface area contributed by atoms with Crippen molar-refractivity contribution in [2.24, 2.45) is 0 Å². The van der Waals surface area contributed by atoms with E-state index in [2.05, 4.69) is 4.98 Å². The summed E-state index contributed by atoms with van der Waals surface area (Å²) < 4.78 is 13.8. The number of rotatable bonds is 6. The van der Waals surface area contributed by atoms with Gasteiger partial charge in [0.25, 0.3) is 0 Å². The fourth-order valence-corrected chi connectivity index (χ4v) is 4.18. The fraction of sp³-hybridized carbons (Fsp3) is 0.259. The quantitative estimate of drug-likeness (QED) is 0.521. The Labute approximate surface area is 198 Å². The Morgan fingerprint density at radius 3 is 2.88 bits per heavy atom. The number of benzene rings is 1. The summed E-state index contributed by atoms with van der Waals surface area (Å²) in [6, 6.07) is 15.4. The number of carbonyl (C=O) groups is 1. The number of aromatic nitrogens is 3. The topological polar surface area (TPSA) is 90.0 Å². The summed E-state index contributed by atoms with van der Waals surface area (Å²) in [7, 11) is 0. The molecule has 0 bridgehead atoms. The number of carbonyl (C=O) groups excluding carboxylic acids is 1. The molecule has 7 heteroatoms. The minimum Gasteiger partial charge on any atom is -0.487 e. The molecule has 1 atom stereocenters. The van der Waals surface area contributed by atoms with Gasteiger partial charge in [-0.05, 0) is 55.2 Å². The summed E-state index contributed by atoms with van der Waals surface area (Å²) in [5.41, 5.74) is 4.35. The van der Waals surface area contributed by atoms with E-state index in [0.29, 0.717) is 19.0 Å². The molecule has 0 saturated carbocycles. The Bertz CT molecular complexity index is 1290. The van der Waals surface area contributed by atoms with Crippen LogP contribution in [0.4, 0.5) is 0 Å². The number of nitrogens with zero attached hydrogens (tertiary/aromatic N) is 4. The third-order valence-corrected chi connectivity index (χ3v) is 5.97. The van der Waals surface area contributed by atoms with E-state index in [0.717, 1.165) is 47.4 Å². The van der Waals surface area contributed by atoms with E-state index < -0.39 is 0 Å². The van der Waals surface area contributed by atoms with Crippen molar-refractivity contribution in [2.75, 3.05) is 6.61 Å². The molecule has 1 aliphatic heterocycles. The predicted molar refractivity (Wildman–Crippen MR) is 126 cm³/mol. The molecule has 0 amide bonds. The summed E-state index contributed by atoms with van der Waals surface area (Å²) in [4.78, 5) is 16.7. The molecular weight excluding hydrogens is 428 g/mol. The van der Waals surface area contributed by atoms with E-state index in [4.69, 9.17) is 19.8 Å². The minimum atomic E-state index is -0.180. The monoisotopic (exact) mass is 452 g/mol. The summed E-state index contributed by atoms with van der Waals surface area (Å²) in [5.74, 6) is 0.526. The van der Waals surface area contributed by atoms with Gasteiger partial charge in [-0.15, -0.1) is 0 Å². The molecule has 0 radical (unpaired) electrons. The van der Waals surface area contributed by atoms with Crippen molar-refractivity contribution < 1.29 is 14.3 Å². The first-order chi connectivity index (χ1) is 16.7. The molecule has 1 fully saturated rings. The highest BCUT2D eigenvalue weighted by Crippen LogP contribution is 2.35. The van der Waals surface area contributed by atoms with Gasteiger partial charge in [0, 0.05) is 36.5 Å². The smallest absolute Gasteiger partial charge is 0.177 e. The van der Waals surface area contributed by atoms with E-state index in [1.807, 2.05) is 65.5 Å². The van der Waals surface area contributed by atoms with Gasteiger partial charge in [0.15, 0.2) is 5.78 Å². The van der Waals surface area contributed by atoms with Crippen LogP contribution in [-0.2, 0) is 16.1 Å². The maximum absolute atomic E-state index is 12.4. The Balaban J connectivity index is 1.49. The van der Waals surface area contributed by atoms with Gasteiger partial charge in [0.2, 0.25) is 0 Å². The summed E-state index contributed by atoms with van der Waals surface area (Å²) >= 11 is 0. The molecule has 3 aromatic rings. The first-order valence-electron chi connectivity index (χ1n) is 11.4. The lowest BCUT2D eigenvalue weighted by Gasteiger charge is -2.22. The van der Waals surface area contributed by atoms with Crippen LogP contribution in [0, 0.1) is 11.3 Å². The maximum atomic E-state index is 12.4. The SMILES string of the molecule is N#CC1=CC=C(c2cn(C3CCCCO3)nc2-c2cccc(OCc3ccccn3)c2)CC1=O. The zero-order valence-corrected chi connectivity index (χ0v) is 18.7. The molecule has 170 valence electrons. The molecule has 1 aliphatic carbocycles. The zero-order valence-electron chi connectivity index (χ0n) is 18.7. The molecule has 2 aromatic heterocycles. The van der Waals surface area contributed by atoms with Crippen LogP contribution < -0.4 is 4.74 Å². The molecule has 34 heavy (non-hydrogen) atoms. The summed E-state index contributed by atoms with van der Waals surface area (Å²) in [5, 5.41) is 14.1. The molecule has 7 nitrogen and oxygen atoms in total. The molecule has 1 aromatic carbocycles. The lowest BCUT2D eigenvalue weighted by Crippen LogP contribution is -2.18. The fourth-order valence-electron chi connectivity index (χ4n) is 4.18. The number of allylic oxidation sites excluding steroid dienone is 4. The highest BCUT2D eigenvalue weighted by molar-refractivity contribution is 6.07. The molecule has 1 unspecified atom stereocenters. The Morgan fingerprint density at radius 1 is 1.18 bits per heavy atom. The van der Waals surface area contributed by atoms with E-state index in [-0.39, 0.29) is 24.0 Å². The molecule has 5 rings (SSSR count). The van der Waals surface area contributed by atoms with Gasteiger partial charge in [-0.25, -0.2) is 4.68 Å². The van der Waals surface area contributed by atoms with Crippen LogP contribution in [0.2, 0.25) is 0 Å². The highest BCUT2D eigenvalue weighted by atomic mass is 16.5. The van der Waals surface area contributed by atoms with Crippen molar-refractivity contribution in [3.63, 3.8) is 0 Å². The first-order valence-corrected chi connectivity index (χ1v) is 11.4.